The number of fused-ring (bicyclic) bond motifs is 5. The third-order valence-electron chi connectivity index (χ3n) is 10.1. The number of aliphatic hydroxyl groups is 1. The predicted octanol–water partition coefficient (Wildman–Crippen LogP) is 6.85. The Labute approximate surface area is 168 Å². The first-order valence-corrected chi connectivity index (χ1v) is 12.1. The van der Waals surface area contributed by atoms with Gasteiger partial charge in [0.1, 0.15) is 0 Å². The van der Waals surface area contributed by atoms with Gasteiger partial charge in [-0.2, -0.15) is 0 Å². The summed E-state index contributed by atoms with van der Waals surface area (Å²) in [5.74, 6) is 5.93. The Morgan fingerprint density at radius 3 is 2.26 bits per heavy atom. The molecule has 4 fully saturated rings. The SMILES string of the molecule is CC(C)/C=C/[C@@H](C)[C@H]1CC[C@H]2[C@@H]3CC[C@H]4C[C@H](O)CC[C@]4(C)[C@H]3CC[C@]12C. The van der Waals surface area contributed by atoms with Gasteiger partial charge in [-0.15, -0.1) is 0 Å². The molecule has 0 saturated heterocycles. The van der Waals surface area contributed by atoms with Crippen molar-refractivity contribution in [1.29, 1.82) is 0 Å². The molecule has 4 aliphatic carbocycles. The zero-order chi connectivity index (χ0) is 19.4. The van der Waals surface area contributed by atoms with Crippen LogP contribution in [0.2, 0.25) is 0 Å². The quantitative estimate of drug-likeness (QED) is 0.537. The van der Waals surface area contributed by atoms with Crippen molar-refractivity contribution in [3.8, 4) is 0 Å². The molecule has 27 heavy (non-hydrogen) atoms. The summed E-state index contributed by atoms with van der Waals surface area (Å²) in [5, 5.41) is 10.2. The highest BCUT2D eigenvalue weighted by atomic mass is 16.3. The highest BCUT2D eigenvalue weighted by Gasteiger charge is 2.60. The number of hydrogen-bond acceptors (Lipinski definition) is 1. The van der Waals surface area contributed by atoms with Crippen LogP contribution < -0.4 is 0 Å². The first kappa shape index (κ1) is 20.0. The van der Waals surface area contributed by atoms with E-state index < -0.39 is 0 Å². The van der Waals surface area contributed by atoms with Gasteiger partial charge < -0.3 is 5.11 Å². The van der Waals surface area contributed by atoms with E-state index in [9.17, 15) is 5.11 Å². The molecule has 0 heterocycles. The van der Waals surface area contributed by atoms with E-state index in [-0.39, 0.29) is 6.10 Å². The monoisotopic (exact) mass is 372 g/mol. The molecule has 4 rings (SSSR count). The van der Waals surface area contributed by atoms with Crippen molar-refractivity contribution < 1.29 is 5.11 Å². The summed E-state index contributed by atoms with van der Waals surface area (Å²) in [4.78, 5) is 0. The Kier molecular flexibility index (Phi) is 5.32. The van der Waals surface area contributed by atoms with Gasteiger partial charge in [0.15, 0.2) is 0 Å². The molecule has 0 radical (unpaired) electrons. The summed E-state index contributed by atoms with van der Waals surface area (Å²) >= 11 is 0. The lowest BCUT2D eigenvalue weighted by Crippen LogP contribution is -2.54. The average Bonchev–Trinajstić information content (AvgIpc) is 2.97. The second-order valence-corrected chi connectivity index (χ2v) is 11.8. The number of rotatable bonds is 3. The van der Waals surface area contributed by atoms with E-state index >= 15 is 0 Å². The van der Waals surface area contributed by atoms with Crippen LogP contribution in [0, 0.1) is 52.3 Å². The van der Waals surface area contributed by atoms with Gasteiger partial charge in [0.25, 0.3) is 0 Å². The molecule has 1 heteroatoms. The van der Waals surface area contributed by atoms with Gasteiger partial charge in [0.2, 0.25) is 0 Å². The van der Waals surface area contributed by atoms with E-state index in [4.69, 9.17) is 0 Å². The van der Waals surface area contributed by atoms with Crippen molar-refractivity contribution >= 4 is 0 Å². The molecule has 0 aromatic carbocycles. The lowest BCUT2D eigenvalue weighted by molar-refractivity contribution is -0.128. The fourth-order valence-electron chi connectivity index (χ4n) is 8.67. The molecule has 0 spiro atoms. The van der Waals surface area contributed by atoms with Crippen LogP contribution in [0.5, 0.6) is 0 Å². The summed E-state index contributed by atoms with van der Waals surface area (Å²) in [7, 11) is 0. The third kappa shape index (κ3) is 3.24. The maximum atomic E-state index is 10.2. The van der Waals surface area contributed by atoms with E-state index in [1.54, 1.807) is 0 Å². The van der Waals surface area contributed by atoms with Gasteiger partial charge in [-0.3, -0.25) is 0 Å². The van der Waals surface area contributed by atoms with E-state index in [1.807, 2.05) is 0 Å². The Balaban J connectivity index is 1.54. The molecular formula is C26H44O. The smallest absolute Gasteiger partial charge is 0.0543 e. The molecular weight excluding hydrogens is 328 g/mol. The first-order chi connectivity index (χ1) is 12.8. The van der Waals surface area contributed by atoms with Gasteiger partial charge >= 0.3 is 0 Å². The van der Waals surface area contributed by atoms with Crippen LogP contribution in [0.25, 0.3) is 0 Å². The summed E-state index contributed by atoms with van der Waals surface area (Å²) < 4.78 is 0. The van der Waals surface area contributed by atoms with Crippen molar-refractivity contribution in [2.24, 2.45) is 52.3 Å². The molecule has 0 aromatic heterocycles. The van der Waals surface area contributed by atoms with Crippen LogP contribution >= 0.6 is 0 Å². The van der Waals surface area contributed by atoms with Crippen LogP contribution in [0.1, 0.15) is 92.4 Å². The molecule has 0 amide bonds. The zero-order valence-electron chi connectivity index (χ0n) is 18.6. The van der Waals surface area contributed by atoms with Gasteiger partial charge in [0.05, 0.1) is 6.10 Å². The molecule has 0 aliphatic heterocycles. The summed E-state index contributed by atoms with van der Waals surface area (Å²) in [6.07, 6.45) is 17.0. The van der Waals surface area contributed by atoms with Gasteiger partial charge in [-0.05, 0) is 110 Å². The van der Waals surface area contributed by atoms with Crippen molar-refractivity contribution in [1.82, 2.24) is 0 Å². The van der Waals surface area contributed by atoms with Gasteiger partial charge in [-0.1, -0.05) is 46.8 Å². The first-order valence-electron chi connectivity index (χ1n) is 12.1. The molecule has 1 nitrogen and oxygen atoms in total. The maximum absolute atomic E-state index is 10.2. The minimum atomic E-state index is -0.0158. The van der Waals surface area contributed by atoms with Crippen molar-refractivity contribution in [2.45, 2.75) is 98.5 Å². The summed E-state index contributed by atoms with van der Waals surface area (Å²) in [5.41, 5.74) is 1.09. The highest BCUT2D eigenvalue weighted by molar-refractivity contribution is 5.11. The second kappa shape index (κ2) is 7.19. The Bertz CT molecular complexity index is 565. The fourth-order valence-corrected chi connectivity index (χ4v) is 8.67. The minimum absolute atomic E-state index is 0.0158. The summed E-state index contributed by atoms with van der Waals surface area (Å²) in [6.45, 7) is 12.4. The maximum Gasteiger partial charge on any atom is 0.0543 e. The van der Waals surface area contributed by atoms with E-state index in [0.29, 0.717) is 16.7 Å². The van der Waals surface area contributed by atoms with Crippen LogP contribution in [0.15, 0.2) is 12.2 Å². The second-order valence-electron chi connectivity index (χ2n) is 11.8. The van der Waals surface area contributed by atoms with Crippen molar-refractivity contribution in [2.75, 3.05) is 0 Å². The topological polar surface area (TPSA) is 20.2 Å². The molecule has 4 saturated carbocycles. The normalized spacial score (nSPS) is 51.1. The van der Waals surface area contributed by atoms with Gasteiger partial charge in [0, 0.05) is 0 Å². The third-order valence-corrected chi connectivity index (χ3v) is 10.1. The van der Waals surface area contributed by atoms with Crippen molar-refractivity contribution in [3.05, 3.63) is 12.2 Å². The molecule has 4 aliphatic rings. The largest absolute Gasteiger partial charge is 0.393 e. The molecule has 9 atom stereocenters. The van der Waals surface area contributed by atoms with Crippen LogP contribution in [-0.2, 0) is 0 Å². The predicted molar refractivity (Wildman–Crippen MR) is 114 cm³/mol. The van der Waals surface area contributed by atoms with Crippen molar-refractivity contribution in [3.63, 3.8) is 0 Å². The zero-order valence-corrected chi connectivity index (χ0v) is 18.6. The lowest BCUT2D eigenvalue weighted by Gasteiger charge is -2.61. The van der Waals surface area contributed by atoms with Crippen LogP contribution in [0.4, 0.5) is 0 Å². The number of hydrogen-bond donors (Lipinski definition) is 1. The molecule has 0 bridgehead atoms. The van der Waals surface area contributed by atoms with E-state index in [1.165, 1.54) is 44.9 Å². The van der Waals surface area contributed by atoms with Gasteiger partial charge in [-0.25, -0.2) is 0 Å². The van der Waals surface area contributed by atoms with Crippen LogP contribution in [-0.4, -0.2) is 11.2 Å². The molecule has 154 valence electrons. The molecule has 0 aromatic rings. The standard InChI is InChI=1S/C26H44O/c1-17(2)6-7-18(3)22-10-11-23-21-9-8-19-16-20(27)12-14-25(19,4)24(21)13-15-26(22,23)5/h6-7,17-24,27H,8-16H2,1-5H3/b7-6+/t18-,19+,20-,21+,22-,23+,24+,25+,26-/m1/s1. The van der Waals surface area contributed by atoms with Crippen LogP contribution in [0.3, 0.4) is 0 Å². The average molecular weight is 373 g/mol. The molecule has 0 unspecified atom stereocenters. The molecule has 1 N–H and O–H groups in total. The highest BCUT2D eigenvalue weighted by Crippen LogP contribution is 2.68. The Morgan fingerprint density at radius 2 is 1.52 bits per heavy atom. The fraction of sp³-hybridized carbons (Fsp3) is 0.923. The Hall–Kier alpha value is -0.300. The minimum Gasteiger partial charge on any atom is -0.393 e. The van der Waals surface area contributed by atoms with E-state index in [2.05, 4.69) is 46.8 Å². The van der Waals surface area contributed by atoms with E-state index in [0.717, 1.165) is 48.3 Å². The number of allylic oxidation sites excluding steroid dienone is 2. The Morgan fingerprint density at radius 1 is 0.815 bits per heavy atom. The number of aliphatic hydroxyl groups excluding tert-OH is 1. The lowest BCUT2D eigenvalue weighted by atomic mass is 9.44. The summed E-state index contributed by atoms with van der Waals surface area (Å²) in [6, 6.07) is 0.